The topological polar surface area (TPSA) is 9.23 Å². The molecule has 0 amide bonds. The van der Waals surface area contributed by atoms with Gasteiger partial charge in [0.05, 0.1) is 7.11 Å². The molecule has 0 atom stereocenters. The quantitative estimate of drug-likeness (QED) is 0.730. The van der Waals surface area contributed by atoms with E-state index in [9.17, 15) is 0 Å². The Kier molecular flexibility index (Phi) is 3.84. The molecule has 0 aliphatic heterocycles. The minimum Gasteiger partial charge on any atom is -0.497 e. The summed E-state index contributed by atoms with van der Waals surface area (Å²) in [6.07, 6.45) is 4.00. The lowest BCUT2D eigenvalue weighted by Gasteiger charge is -1.99. The Balaban J connectivity index is 2.14. The zero-order chi connectivity index (χ0) is 12.1. The van der Waals surface area contributed by atoms with Crippen LogP contribution in [0.5, 0.6) is 5.75 Å². The van der Waals surface area contributed by atoms with Crippen LogP contribution in [0, 0.1) is 6.07 Å². The lowest BCUT2D eigenvalue weighted by Crippen LogP contribution is -1.81. The molecule has 0 saturated carbocycles. The van der Waals surface area contributed by atoms with Crippen molar-refractivity contribution in [3.63, 3.8) is 0 Å². The smallest absolute Gasteiger partial charge is 0.118 e. The van der Waals surface area contributed by atoms with E-state index in [2.05, 4.69) is 6.07 Å². The Morgan fingerprint density at radius 2 is 1.88 bits per heavy atom. The summed E-state index contributed by atoms with van der Waals surface area (Å²) in [4.78, 5) is 0. The lowest BCUT2D eigenvalue weighted by molar-refractivity contribution is 0.415. The number of rotatable bonds is 3. The second-order valence-corrected chi connectivity index (χ2v) is 4.01. The first kappa shape index (κ1) is 11.7. The van der Waals surface area contributed by atoms with Gasteiger partial charge in [0.2, 0.25) is 0 Å². The highest BCUT2D eigenvalue weighted by molar-refractivity contribution is 6.30. The van der Waals surface area contributed by atoms with E-state index in [4.69, 9.17) is 16.3 Å². The van der Waals surface area contributed by atoms with Crippen LogP contribution in [0.4, 0.5) is 0 Å². The predicted octanol–water partition coefficient (Wildman–Crippen LogP) is 4.32. The molecule has 0 unspecified atom stereocenters. The van der Waals surface area contributed by atoms with Crippen molar-refractivity contribution in [2.45, 2.75) is 0 Å². The molecule has 0 spiro atoms. The van der Waals surface area contributed by atoms with E-state index in [0.717, 1.165) is 21.9 Å². The van der Waals surface area contributed by atoms with Gasteiger partial charge < -0.3 is 4.74 Å². The Labute approximate surface area is 106 Å². The number of methoxy groups -OCH3 is 1. The van der Waals surface area contributed by atoms with Gasteiger partial charge in [-0.15, -0.1) is 0 Å². The molecule has 0 heterocycles. The minimum absolute atomic E-state index is 0.720. The molecular formula is C15H12ClO. The molecular weight excluding hydrogens is 232 g/mol. The van der Waals surface area contributed by atoms with E-state index in [1.54, 1.807) is 7.11 Å². The molecule has 2 heteroatoms. The average molecular weight is 244 g/mol. The summed E-state index contributed by atoms with van der Waals surface area (Å²) in [5.41, 5.74) is 2.08. The first-order valence-corrected chi connectivity index (χ1v) is 5.65. The molecule has 17 heavy (non-hydrogen) atoms. The van der Waals surface area contributed by atoms with Gasteiger partial charge in [-0.1, -0.05) is 42.0 Å². The molecule has 0 aromatic heterocycles. The van der Waals surface area contributed by atoms with Gasteiger partial charge >= 0.3 is 0 Å². The van der Waals surface area contributed by atoms with Gasteiger partial charge in [0.25, 0.3) is 0 Å². The van der Waals surface area contributed by atoms with Crippen LogP contribution in [0.1, 0.15) is 11.1 Å². The van der Waals surface area contributed by atoms with Crippen LogP contribution in [0.25, 0.3) is 12.2 Å². The van der Waals surface area contributed by atoms with E-state index in [1.165, 1.54) is 0 Å². The van der Waals surface area contributed by atoms with Crippen LogP contribution in [0.2, 0.25) is 5.02 Å². The van der Waals surface area contributed by atoms with Gasteiger partial charge in [-0.3, -0.25) is 0 Å². The van der Waals surface area contributed by atoms with E-state index in [0.29, 0.717) is 0 Å². The molecule has 2 rings (SSSR count). The van der Waals surface area contributed by atoms with Gasteiger partial charge in [0, 0.05) is 5.02 Å². The van der Waals surface area contributed by atoms with Crippen molar-refractivity contribution in [2.75, 3.05) is 7.11 Å². The van der Waals surface area contributed by atoms with Crippen molar-refractivity contribution in [3.8, 4) is 5.75 Å². The Morgan fingerprint density at radius 3 is 2.53 bits per heavy atom. The highest BCUT2D eigenvalue weighted by Crippen LogP contribution is 2.15. The molecule has 1 nitrogen and oxygen atoms in total. The van der Waals surface area contributed by atoms with Crippen LogP contribution < -0.4 is 4.74 Å². The van der Waals surface area contributed by atoms with Crippen molar-refractivity contribution in [1.29, 1.82) is 0 Å². The van der Waals surface area contributed by atoms with E-state index >= 15 is 0 Å². The first-order valence-electron chi connectivity index (χ1n) is 5.27. The molecule has 2 aromatic carbocycles. The summed E-state index contributed by atoms with van der Waals surface area (Å²) in [6.45, 7) is 0. The second kappa shape index (κ2) is 5.55. The number of hydrogen-bond acceptors (Lipinski definition) is 1. The summed E-state index contributed by atoms with van der Waals surface area (Å²) in [5.74, 6) is 0.858. The second-order valence-electron chi connectivity index (χ2n) is 3.57. The van der Waals surface area contributed by atoms with Gasteiger partial charge in [-0.25, -0.2) is 0 Å². The van der Waals surface area contributed by atoms with Gasteiger partial charge in [-0.05, 0) is 41.5 Å². The van der Waals surface area contributed by atoms with Gasteiger partial charge in [-0.2, -0.15) is 0 Å². The van der Waals surface area contributed by atoms with E-state index in [-0.39, 0.29) is 0 Å². The molecule has 0 fully saturated rings. The Bertz CT molecular complexity index is 515. The molecule has 0 saturated heterocycles. The fourth-order valence-electron chi connectivity index (χ4n) is 1.45. The molecule has 0 N–H and O–H groups in total. The standard InChI is InChI=1S/C15H12ClO/c1-17-15-9-7-12(8-10-15)5-6-13-3-2-4-14(16)11-13/h2,4-11H,1H3/b6-5+. The summed E-state index contributed by atoms with van der Waals surface area (Å²) in [5, 5.41) is 0.720. The zero-order valence-corrected chi connectivity index (χ0v) is 10.2. The lowest BCUT2D eigenvalue weighted by atomic mass is 10.1. The van der Waals surface area contributed by atoms with Crippen LogP contribution in [-0.2, 0) is 0 Å². The van der Waals surface area contributed by atoms with Crippen LogP contribution in [0.15, 0.2) is 42.5 Å². The largest absolute Gasteiger partial charge is 0.497 e. The zero-order valence-electron chi connectivity index (χ0n) is 9.48. The normalized spacial score (nSPS) is 10.7. The average Bonchev–Trinajstić information content (AvgIpc) is 2.37. The summed E-state index contributed by atoms with van der Waals surface area (Å²) < 4.78 is 5.10. The Morgan fingerprint density at radius 1 is 1.12 bits per heavy atom. The molecule has 0 bridgehead atoms. The Hall–Kier alpha value is -1.73. The highest BCUT2D eigenvalue weighted by atomic mass is 35.5. The van der Waals surface area contributed by atoms with Crippen LogP contribution >= 0.6 is 11.6 Å². The number of hydrogen-bond donors (Lipinski definition) is 0. The van der Waals surface area contributed by atoms with Crippen LogP contribution in [-0.4, -0.2) is 7.11 Å². The fraction of sp³-hybridized carbons (Fsp3) is 0.0667. The van der Waals surface area contributed by atoms with Crippen molar-refractivity contribution in [3.05, 3.63) is 64.7 Å². The third-order valence-electron chi connectivity index (χ3n) is 2.36. The van der Waals surface area contributed by atoms with E-state index < -0.39 is 0 Å². The summed E-state index contributed by atoms with van der Waals surface area (Å²) in [7, 11) is 1.66. The minimum atomic E-state index is 0.720. The molecule has 0 aliphatic rings. The highest BCUT2D eigenvalue weighted by Gasteiger charge is 1.92. The maximum Gasteiger partial charge on any atom is 0.118 e. The first-order chi connectivity index (χ1) is 8.28. The van der Waals surface area contributed by atoms with Gasteiger partial charge in [0.15, 0.2) is 0 Å². The molecule has 0 aliphatic carbocycles. The van der Waals surface area contributed by atoms with Crippen molar-refractivity contribution in [2.24, 2.45) is 0 Å². The van der Waals surface area contributed by atoms with Gasteiger partial charge in [0.1, 0.15) is 5.75 Å². The molecule has 1 radical (unpaired) electrons. The SMILES string of the molecule is COc1ccc(/C=C/c2[c]ccc(Cl)c2)cc1. The number of halogens is 1. The van der Waals surface area contributed by atoms with Crippen molar-refractivity contribution < 1.29 is 4.74 Å². The summed E-state index contributed by atoms with van der Waals surface area (Å²) >= 11 is 5.90. The maximum atomic E-state index is 5.90. The molecule has 85 valence electrons. The number of ether oxygens (including phenoxy) is 1. The fourth-order valence-corrected chi connectivity index (χ4v) is 1.63. The van der Waals surface area contributed by atoms with Crippen LogP contribution in [0.3, 0.4) is 0 Å². The predicted molar refractivity (Wildman–Crippen MR) is 72.2 cm³/mol. The van der Waals surface area contributed by atoms with Crippen molar-refractivity contribution in [1.82, 2.24) is 0 Å². The molecule has 2 aromatic rings. The third kappa shape index (κ3) is 3.36. The monoisotopic (exact) mass is 243 g/mol. The summed E-state index contributed by atoms with van der Waals surface area (Å²) in [6, 6.07) is 16.5. The number of benzene rings is 2. The third-order valence-corrected chi connectivity index (χ3v) is 2.59. The van der Waals surface area contributed by atoms with E-state index in [1.807, 2.05) is 54.6 Å². The maximum absolute atomic E-state index is 5.90. The van der Waals surface area contributed by atoms with Crippen molar-refractivity contribution >= 4 is 23.8 Å².